The average Bonchev–Trinajstić information content (AvgIpc) is 2.74. The van der Waals surface area contributed by atoms with Crippen LogP contribution in [0.3, 0.4) is 0 Å². The average molecular weight is 408 g/mol. The lowest BCUT2D eigenvalue weighted by Gasteiger charge is -2.29. The number of para-hydroxylation sites is 1. The van der Waals surface area contributed by atoms with Crippen LogP contribution in [0.2, 0.25) is 0 Å². The largest absolute Gasteiger partial charge is 0.454 e. The highest BCUT2D eigenvalue weighted by atomic mass is 16.5. The summed E-state index contributed by atoms with van der Waals surface area (Å²) < 4.78 is 5.31. The summed E-state index contributed by atoms with van der Waals surface area (Å²) >= 11 is 0. The zero-order valence-electron chi connectivity index (χ0n) is 17.7. The fourth-order valence-electron chi connectivity index (χ4n) is 3.60. The maximum absolute atomic E-state index is 12.7. The van der Waals surface area contributed by atoms with Crippen LogP contribution < -0.4 is 10.2 Å². The zero-order valence-corrected chi connectivity index (χ0v) is 17.7. The molecule has 6 nitrogen and oxygen atoms in total. The van der Waals surface area contributed by atoms with E-state index in [1.54, 1.807) is 23.1 Å². The van der Waals surface area contributed by atoms with E-state index in [2.05, 4.69) is 5.32 Å². The van der Waals surface area contributed by atoms with Crippen molar-refractivity contribution >= 4 is 23.5 Å². The van der Waals surface area contributed by atoms with Gasteiger partial charge in [0.15, 0.2) is 6.61 Å². The Morgan fingerprint density at radius 3 is 2.60 bits per heavy atom. The molecule has 1 atom stereocenters. The van der Waals surface area contributed by atoms with Gasteiger partial charge < -0.3 is 15.0 Å². The summed E-state index contributed by atoms with van der Waals surface area (Å²) in [7, 11) is 0. The quantitative estimate of drug-likeness (QED) is 0.745. The molecule has 1 aliphatic heterocycles. The molecule has 0 saturated heterocycles. The minimum Gasteiger partial charge on any atom is -0.454 e. The number of aryl methyl sites for hydroxylation is 2. The molecule has 0 aromatic heterocycles. The number of anilines is 1. The normalized spacial score (nSPS) is 14.1. The van der Waals surface area contributed by atoms with Gasteiger partial charge in [-0.3, -0.25) is 9.59 Å². The highest BCUT2D eigenvalue weighted by Gasteiger charge is 2.28. The molecule has 30 heavy (non-hydrogen) atoms. The smallest absolute Gasteiger partial charge is 0.329 e. The van der Waals surface area contributed by atoms with Crippen LogP contribution in [-0.2, 0) is 20.7 Å². The molecule has 2 aromatic carbocycles. The van der Waals surface area contributed by atoms with E-state index < -0.39 is 12.0 Å². The maximum atomic E-state index is 12.7. The second-order valence-electron chi connectivity index (χ2n) is 7.95. The second kappa shape index (κ2) is 9.57. The highest BCUT2D eigenvalue weighted by Crippen LogP contribution is 2.26. The minimum absolute atomic E-state index is 0.183. The summed E-state index contributed by atoms with van der Waals surface area (Å²) in [6.07, 6.45) is 1.80. The molecule has 3 rings (SSSR count). The van der Waals surface area contributed by atoms with Crippen LogP contribution in [0, 0.1) is 12.8 Å². The SMILES string of the molecule is Cc1cccc(C(=O)NC(C(=O)OCC(=O)N2CCCc3ccccc32)C(C)C)c1. The molecule has 6 heteroatoms. The van der Waals surface area contributed by atoms with Crippen molar-refractivity contribution < 1.29 is 19.1 Å². The Bertz CT molecular complexity index is 938. The fraction of sp³-hybridized carbons (Fsp3) is 0.375. The first-order chi connectivity index (χ1) is 14.4. The van der Waals surface area contributed by atoms with Gasteiger partial charge >= 0.3 is 5.97 Å². The van der Waals surface area contributed by atoms with Gasteiger partial charge in [-0.05, 0) is 49.4 Å². The summed E-state index contributed by atoms with van der Waals surface area (Å²) in [5.74, 6) is -1.39. The molecule has 158 valence electrons. The lowest BCUT2D eigenvalue weighted by atomic mass is 10.0. The third-order valence-corrected chi connectivity index (χ3v) is 5.24. The summed E-state index contributed by atoms with van der Waals surface area (Å²) in [6, 6.07) is 14.1. The first-order valence-electron chi connectivity index (χ1n) is 10.3. The molecular weight excluding hydrogens is 380 g/mol. The molecule has 0 saturated carbocycles. The van der Waals surface area contributed by atoms with E-state index >= 15 is 0 Å². The Kier molecular flexibility index (Phi) is 6.87. The van der Waals surface area contributed by atoms with Crippen molar-refractivity contribution in [3.05, 3.63) is 65.2 Å². The van der Waals surface area contributed by atoms with Gasteiger partial charge in [0.2, 0.25) is 0 Å². The van der Waals surface area contributed by atoms with E-state index in [1.807, 2.05) is 51.1 Å². The van der Waals surface area contributed by atoms with Gasteiger partial charge in [-0.2, -0.15) is 0 Å². The predicted octanol–water partition coefficient (Wildman–Crippen LogP) is 3.27. The van der Waals surface area contributed by atoms with Crippen LogP contribution in [0.4, 0.5) is 5.69 Å². The Balaban J connectivity index is 1.62. The van der Waals surface area contributed by atoms with Gasteiger partial charge in [0.05, 0.1) is 0 Å². The van der Waals surface area contributed by atoms with Crippen LogP contribution >= 0.6 is 0 Å². The van der Waals surface area contributed by atoms with Gasteiger partial charge in [-0.15, -0.1) is 0 Å². The lowest BCUT2D eigenvalue weighted by Crippen LogP contribution is -2.46. The first-order valence-corrected chi connectivity index (χ1v) is 10.3. The highest BCUT2D eigenvalue weighted by molar-refractivity contribution is 5.98. The van der Waals surface area contributed by atoms with Crippen LogP contribution in [-0.4, -0.2) is 37.0 Å². The lowest BCUT2D eigenvalue weighted by molar-refractivity contribution is -0.150. The van der Waals surface area contributed by atoms with Crippen LogP contribution in [0.25, 0.3) is 0 Å². The summed E-state index contributed by atoms with van der Waals surface area (Å²) in [5.41, 5.74) is 3.43. The molecule has 1 heterocycles. The van der Waals surface area contributed by atoms with Crippen LogP contribution in [0.1, 0.15) is 41.8 Å². The van der Waals surface area contributed by atoms with Crippen molar-refractivity contribution in [2.45, 2.75) is 39.7 Å². The number of carbonyl (C=O) groups excluding carboxylic acids is 3. The Labute approximate surface area is 177 Å². The van der Waals surface area contributed by atoms with Crippen molar-refractivity contribution in [1.29, 1.82) is 0 Å². The van der Waals surface area contributed by atoms with Crippen LogP contribution in [0.5, 0.6) is 0 Å². The summed E-state index contributed by atoms with van der Waals surface area (Å²) in [6.45, 7) is 5.80. The number of hydrogen-bond acceptors (Lipinski definition) is 4. The van der Waals surface area contributed by atoms with Gasteiger partial charge in [-0.1, -0.05) is 49.7 Å². The monoisotopic (exact) mass is 408 g/mol. The summed E-state index contributed by atoms with van der Waals surface area (Å²) in [5, 5.41) is 2.74. The molecule has 0 radical (unpaired) electrons. The third kappa shape index (κ3) is 5.06. The van der Waals surface area contributed by atoms with Crippen LogP contribution in [0.15, 0.2) is 48.5 Å². The molecule has 2 aromatic rings. The van der Waals surface area contributed by atoms with E-state index in [-0.39, 0.29) is 24.3 Å². The molecular formula is C24H28N2O4. The van der Waals surface area contributed by atoms with Gasteiger partial charge in [0, 0.05) is 17.8 Å². The Morgan fingerprint density at radius 2 is 1.87 bits per heavy atom. The van der Waals surface area contributed by atoms with Crippen molar-refractivity contribution in [2.24, 2.45) is 5.92 Å². The van der Waals surface area contributed by atoms with Crippen molar-refractivity contribution in [3.8, 4) is 0 Å². The second-order valence-corrected chi connectivity index (χ2v) is 7.95. The van der Waals surface area contributed by atoms with Gasteiger partial charge in [-0.25, -0.2) is 4.79 Å². The van der Waals surface area contributed by atoms with E-state index in [4.69, 9.17) is 4.74 Å². The van der Waals surface area contributed by atoms with E-state index in [1.165, 1.54) is 0 Å². The third-order valence-electron chi connectivity index (χ3n) is 5.24. The Morgan fingerprint density at radius 1 is 1.10 bits per heavy atom. The number of rotatable bonds is 6. The number of hydrogen-bond donors (Lipinski definition) is 1. The Hall–Kier alpha value is -3.15. The van der Waals surface area contributed by atoms with Gasteiger partial charge in [0.25, 0.3) is 11.8 Å². The standard InChI is InChI=1S/C24H28N2O4/c1-16(2)22(25-23(28)19-10-6-8-17(3)14-19)24(29)30-15-21(27)26-13-7-11-18-9-4-5-12-20(18)26/h4-6,8-10,12,14,16,22H,7,11,13,15H2,1-3H3,(H,25,28). The fourth-order valence-corrected chi connectivity index (χ4v) is 3.60. The van der Waals surface area contributed by atoms with Crippen molar-refractivity contribution in [2.75, 3.05) is 18.1 Å². The zero-order chi connectivity index (χ0) is 21.7. The predicted molar refractivity (Wildman–Crippen MR) is 115 cm³/mol. The first kappa shape index (κ1) is 21.6. The molecule has 1 aliphatic rings. The van der Waals surface area contributed by atoms with Crippen molar-refractivity contribution in [3.63, 3.8) is 0 Å². The number of amides is 2. The number of benzene rings is 2. The van der Waals surface area contributed by atoms with E-state index in [0.29, 0.717) is 12.1 Å². The van der Waals surface area contributed by atoms with E-state index in [0.717, 1.165) is 29.7 Å². The number of ether oxygens (including phenoxy) is 1. The number of carbonyl (C=O) groups is 3. The topological polar surface area (TPSA) is 75.7 Å². The molecule has 1 N–H and O–H groups in total. The van der Waals surface area contributed by atoms with Crippen molar-refractivity contribution in [1.82, 2.24) is 5.32 Å². The molecule has 0 bridgehead atoms. The minimum atomic E-state index is -0.834. The number of nitrogens with one attached hydrogen (secondary N) is 1. The number of fused-ring (bicyclic) bond motifs is 1. The molecule has 1 unspecified atom stereocenters. The molecule has 0 aliphatic carbocycles. The number of esters is 1. The molecule has 0 spiro atoms. The summed E-state index contributed by atoms with van der Waals surface area (Å²) in [4.78, 5) is 39.6. The molecule has 2 amide bonds. The molecule has 0 fully saturated rings. The number of nitrogens with zero attached hydrogens (tertiary/aromatic N) is 1. The van der Waals surface area contributed by atoms with Gasteiger partial charge in [0.1, 0.15) is 6.04 Å². The maximum Gasteiger partial charge on any atom is 0.329 e. The van der Waals surface area contributed by atoms with E-state index in [9.17, 15) is 14.4 Å².